The van der Waals surface area contributed by atoms with Gasteiger partial charge in [0, 0.05) is 22.4 Å². The first-order valence-electron chi connectivity index (χ1n) is 7.07. The fourth-order valence-corrected chi connectivity index (χ4v) is 2.86. The number of nitrogens with one attached hydrogen (secondary N) is 1. The van der Waals surface area contributed by atoms with E-state index >= 15 is 0 Å². The molecule has 0 spiro atoms. The van der Waals surface area contributed by atoms with Crippen LogP contribution in [0.1, 0.15) is 11.1 Å². The Bertz CT molecular complexity index is 941. The van der Waals surface area contributed by atoms with Crippen molar-refractivity contribution in [1.82, 2.24) is 0 Å². The highest BCUT2D eigenvalue weighted by Crippen LogP contribution is 2.36. The number of phenolic OH excluding ortho intramolecular Hbond substituents is 1. The summed E-state index contributed by atoms with van der Waals surface area (Å²) in [6, 6.07) is 18.9. The maximum absolute atomic E-state index is 12.2. The van der Waals surface area contributed by atoms with E-state index in [2.05, 4.69) is 5.32 Å². The van der Waals surface area contributed by atoms with Crippen molar-refractivity contribution in [3.8, 4) is 5.75 Å². The van der Waals surface area contributed by atoms with Crippen LogP contribution in [0.4, 0.5) is 5.69 Å². The number of phenols is 1. The van der Waals surface area contributed by atoms with E-state index in [-0.39, 0.29) is 11.7 Å². The fraction of sp³-hybridized carbons (Fsp3) is 0. The molecule has 0 unspecified atom stereocenters. The number of benzene rings is 3. The van der Waals surface area contributed by atoms with Crippen molar-refractivity contribution in [3.05, 3.63) is 71.8 Å². The predicted octanol–water partition coefficient (Wildman–Crippen LogP) is 4.04. The van der Waals surface area contributed by atoms with Crippen LogP contribution in [0.15, 0.2) is 60.7 Å². The summed E-state index contributed by atoms with van der Waals surface area (Å²) in [5.41, 5.74) is 2.90. The van der Waals surface area contributed by atoms with Crippen molar-refractivity contribution in [2.45, 2.75) is 0 Å². The average molecular weight is 287 g/mol. The van der Waals surface area contributed by atoms with Gasteiger partial charge in [0.25, 0.3) is 5.91 Å². The molecule has 0 radical (unpaired) electrons. The van der Waals surface area contributed by atoms with E-state index in [0.717, 1.165) is 22.0 Å². The number of anilines is 1. The molecule has 3 aromatic carbocycles. The molecule has 0 bridgehead atoms. The molecule has 1 heterocycles. The van der Waals surface area contributed by atoms with Gasteiger partial charge in [0.1, 0.15) is 5.75 Å². The third kappa shape index (κ3) is 1.87. The number of hydrogen-bond acceptors (Lipinski definition) is 2. The smallest absolute Gasteiger partial charge is 0.256 e. The number of hydrogen-bond donors (Lipinski definition) is 2. The summed E-state index contributed by atoms with van der Waals surface area (Å²) in [7, 11) is 0. The van der Waals surface area contributed by atoms with E-state index in [0.29, 0.717) is 11.1 Å². The minimum atomic E-state index is -0.145. The lowest BCUT2D eigenvalue weighted by molar-refractivity contribution is -0.110. The second kappa shape index (κ2) is 4.74. The van der Waals surface area contributed by atoms with Crippen molar-refractivity contribution in [2.75, 3.05) is 5.32 Å². The molecule has 0 atom stereocenters. The van der Waals surface area contributed by atoms with E-state index in [4.69, 9.17) is 0 Å². The van der Waals surface area contributed by atoms with Crippen LogP contribution in [0, 0.1) is 0 Å². The van der Waals surface area contributed by atoms with Gasteiger partial charge in [0.2, 0.25) is 0 Å². The number of carbonyl (C=O) groups excluding carboxylic acids is 1. The Kier molecular flexibility index (Phi) is 2.73. The molecule has 3 aromatic rings. The molecule has 4 rings (SSSR count). The predicted molar refractivity (Wildman–Crippen MR) is 88.6 cm³/mol. The Labute approximate surface area is 127 Å². The molecule has 1 aliphatic rings. The summed E-state index contributed by atoms with van der Waals surface area (Å²) in [6.45, 7) is 0. The van der Waals surface area contributed by atoms with Gasteiger partial charge in [-0.15, -0.1) is 0 Å². The van der Waals surface area contributed by atoms with E-state index in [1.54, 1.807) is 12.1 Å². The molecular weight excluding hydrogens is 274 g/mol. The Balaban J connectivity index is 1.98. The summed E-state index contributed by atoms with van der Waals surface area (Å²) in [5, 5.41) is 15.0. The molecule has 0 saturated carbocycles. The SMILES string of the molecule is O=C1Nc2ccccc2/C1=C/c1c(O)ccc2ccccc12. The average Bonchev–Trinajstić information content (AvgIpc) is 2.86. The summed E-state index contributed by atoms with van der Waals surface area (Å²) in [4.78, 5) is 12.2. The van der Waals surface area contributed by atoms with Crippen LogP contribution in [-0.4, -0.2) is 11.0 Å². The Morgan fingerprint density at radius 1 is 0.909 bits per heavy atom. The van der Waals surface area contributed by atoms with Crippen molar-refractivity contribution >= 4 is 34.0 Å². The molecule has 22 heavy (non-hydrogen) atoms. The van der Waals surface area contributed by atoms with E-state index in [1.165, 1.54) is 0 Å². The van der Waals surface area contributed by atoms with Crippen molar-refractivity contribution < 1.29 is 9.90 Å². The van der Waals surface area contributed by atoms with Crippen LogP contribution in [0.25, 0.3) is 22.4 Å². The van der Waals surface area contributed by atoms with E-state index in [1.807, 2.05) is 54.6 Å². The van der Waals surface area contributed by atoms with Gasteiger partial charge in [0.15, 0.2) is 0 Å². The molecule has 1 amide bonds. The number of para-hydroxylation sites is 1. The summed E-state index contributed by atoms with van der Waals surface area (Å²) in [6.07, 6.45) is 1.76. The Hall–Kier alpha value is -3.07. The first-order chi connectivity index (χ1) is 10.7. The van der Waals surface area contributed by atoms with Crippen LogP contribution in [-0.2, 0) is 4.79 Å². The molecule has 0 saturated heterocycles. The third-order valence-corrected chi connectivity index (χ3v) is 3.95. The molecular formula is C19H13NO2. The minimum Gasteiger partial charge on any atom is -0.507 e. The van der Waals surface area contributed by atoms with Crippen molar-refractivity contribution in [3.63, 3.8) is 0 Å². The molecule has 3 nitrogen and oxygen atoms in total. The first kappa shape index (κ1) is 12.7. The lowest BCUT2D eigenvalue weighted by atomic mass is 9.99. The summed E-state index contributed by atoms with van der Waals surface area (Å²) < 4.78 is 0. The third-order valence-electron chi connectivity index (χ3n) is 3.95. The van der Waals surface area contributed by atoms with Gasteiger partial charge < -0.3 is 10.4 Å². The van der Waals surface area contributed by atoms with Crippen LogP contribution in [0.3, 0.4) is 0 Å². The summed E-state index contributed by atoms with van der Waals surface area (Å²) >= 11 is 0. The molecule has 0 fully saturated rings. The maximum Gasteiger partial charge on any atom is 0.256 e. The number of amides is 1. The highest BCUT2D eigenvalue weighted by atomic mass is 16.3. The lowest BCUT2D eigenvalue weighted by Crippen LogP contribution is -2.03. The number of rotatable bonds is 1. The van der Waals surface area contributed by atoms with Crippen LogP contribution >= 0.6 is 0 Å². The topological polar surface area (TPSA) is 49.3 Å². The van der Waals surface area contributed by atoms with E-state index < -0.39 is 0 Å². The molecule has 2 N–H and O–H groups in total. The van der Waals surface area contributed by atoms with Gasteiger partial charge in [-0.25, -0.2) is 0 Å². The largest absolute Gasteiger partial charge is 0.507 e. The number of fused-ring (bicyclic) bond motifs is 2. The zero-order valence-corrected chi connectivity index (χ0v) is 11.7. The second-order valence-electron chi connectivity index (χ2n) is 5.28. The Morgan fingerprint density at radius 2 is 1.68 bits per heavy atom. The van der Waals surface area contributed by atoms with Gasteiger partial charge in [0.05, 0.1) is 0 Å². The summed E-state index contributed by atoms with van der Waals surface area (Å²) in [5.74, 6) is 0.0249. The molecule has 3 heteroatoms. The second-order valence-corrected chi connectivity index (χ2v) is 5.28. The lowest BCUT2D eigenvalue weighted by Gasteiger charge is -2.06. The zero-order chi connectivity index (χ0) is 15.1. The van der Waals surface area contributed by atoms with Gasteiger partial charge in [-0.05, 0) is 29.0 Å². The zero-order valence-electron chi connectivity index (χ0n) is 11.7. The van der Waals surface area contributed by atoms with Gasteiger partial charge >= 0.3 is 0 Å². The Morgan fingerprint density at radius 3 is 2.59 bits per heavy atom. The van der Waals surface area contributed by atoms with Crippen LogP contribution in [0.5, 0.6) is 5.75 Å². The minimum absolute atomic E-state index is 0.145. The maximum atomic E-state index is 12.2. The first-order valence-corrected chi connectivity index (χ1v) is 7.07. The fourth-order valence-electron chi connectivity index (χ4n) is 2.86. The van der Waals surface area contributed by atoms with Gasteiger partial charge in [-0.3, -0.25) is 4.79 Å². The normalized spacial score (nSPS) is 15.1. The van der Waals surface area contributed by atoms with Gasteiger partial charge in [-0.2, -0.15) is 0 Å². The molecule has 106 valence electrons. The monoisotopic (exact) mass is 287 g/mol. The molecule has 0 aliphatic carbocycles. The highest BCUT2D eigenvalue weighted by Gasteiger charge is 2.24. The van der Waals surface area contributed by atoms with Crippen LogP contribution in [0.2, 0.25) is 0 Å². The van der Waals surface area contributed by atoms with E-state index in [9.17, 15) is 9.90 Å². The quantitative estimate of drug-likeness (QED) is 0.664. The van der Waals surface area contributed by atoms with Crippen molar-refractivity contribution in [1.29, 1.82) is 0 Å². The van der Waals surface area contributed by atoms with Crippen LogP contribution < -0.4 is 5.32 Å². The number of aromatic hydroxyl groups is 1. The standard InChI is InChI=1S/C19H13NO2/c21-18-10-9-12-5-1-2-6-13(12)15(18)11-16-14-7-3-4-8-17(14)20-19(16)22/h1-11,21H,(H,20,22)/b16-11-. The van der Waals surface area contributed by atoms with Crippen molar-refractivity contribution in [2.24, 2.45) is 0 Å². The molecule has 0 aromatic heterocycles. The highest BCUT2D eigenvalue weighted by molar-refractivity contribution is 6.35. The molecule has 1 aliphatic heterocycles. The number of carbonyl (C=O) groups is 1. The van der Waals surface area contributed by atoms with Gasteiger partial charge in [-0.1, -0.05) is 48.5 Å².